The molecule has 2 aliphatic heterocycles. The molecule has 17 heteroatoms. The van der Waals surface area contributed by atoms with Crippen molar-refractivity contribution in [3.63, 3.8) is 0 Å². The number of urea groups is 1. The predicted octanol–water partition coefficient (Wildman–Crippen LogP) is 1.27. The van der Waals surface area contributed by atoms with Crippen LogP contribution in [0, 0.1) is 0 Å². The number of nitrogens with zero attached hydrogens (tertiary/aromatic N) is 3. The summed E-state index contributed by atoms with van der Waals surface area (Å²) < 4.78 is 43.3. The lowest BCUT2D eigenvalue weighted by molar-refractivity contribution is -0.121. The summed E-state index contributed by atoms with van der Waals surface area (Å²) in [6.07, 6.45) is 3.34. The van der Waals surface area contributed by atoms with Crippen molar-refractivity contribution in [3.8, 4) is 0 Å². The van der Waals surface area contributed by atoms with E-state index in [4.69, 9.17) is 43.4 Å². The van der Waals surface area contributed by atoms with Crippen LogP contribution in [0.15, 0.2) is 5.11 Å². The topological polar surface area (TPSA) is 193 Å². The van der Waals surface area contributed by atoms with E-state index in [1.54, 1.807) is 0 Å². The Hall–Kier alpha value is -1.92. The molecule has 0 spiro atoms. The van der Waals surface area contributed by atoms with Crippen LogP contribution in [0.25, 0.3) is 10.4 Å². The van der Waals surface area contributed by atoms with E-state index in [9.17, 15) is 9.59 Å². The summed E-state index contributed by atoms with van der Waals surface area (Å²) >= 11 is 1.90. The highest BCUT2D eigenvalue weighted by Gasteiger charge is 2.42. The van der Waals surface area contributed by atoms with E-state index in [1.807, 2.05) is 11.8 Å². The lowest BCUT2D eigenvalue weighted by Crippen LogP contribution is -2.36. The number of carbonyl (C=O) groups is 2. The molecule has 260 valence electrons. The number of hydrogen-bond donors (Lipinski definition) is 3. The summed E-state index contributed by atoms with van der Waals surface area (Å²) in [5, 5.41) is 12.6. The van der Waals surface area contributed by atoms with Gasteiger partial charge < -0.3 is 53.8 Å². The van der Waals surface area contributed by atoms with Crippen LogP contribution in [-0.4, -0.2) is 154 Å². The Labute approximate surface area is 270 Å². The van der Waals surface area contributed by atoms with Crippen molar-refractivity contribution in [1.82, 2.24) is 16.0 Å². The van der Waals surface area contributed by atoms with Gasteiger partial charge in [0.2, 0.25) is 5.91 Å². The molecule has 0 saturated carbocycles. The van der Waals surface area contributed by atoms with Crippen molar-refractivity contribution >= 4 is 23.7 Å². The van der Waals surface area contributed by atoms with Crippen molar-refractivity contribution in [1.29, 1.82) is 0 Å². The minimum atomic E-state index is -0.0614. The first-order valence-corrected chi connectivity index (χ1v) is 16.8. The second kappa shape index (κ2) is 28.3. The van der Waals surface area contributed by atoms with E-state index in [2.05, 4.69) is 26.0 Å². The lowest BCUT2D eigenvalue weighted by atomic mass is 10.0. The molecule has 16 nitrogen and oxygen atoms in total. The first kappa shape index (κ1) is 39.3. The Bertz CT molecular complexity index is 814. The summed E-state index contributed by atoms with van der Waals surface area (Å²) in [7, 11) is 0. The fourth-order valence-corrected chi connectivity index (χ4v) is 5.96. The number of thioether (sulfide) groups is 1. The first-order valence-electron chi connectivity index (χ1n) is 15.8. The van der Waals surface area contributed by atoms with Gasteiger partial charge in [-0.25, -0.2) is 4.79 Å². The van der Waals surface area contributed by atoms with Gasteiger partial charge in [0.15, 0.2) is 0 Å². The van der Waals surface area contributed by atoms with Gasteiger partial charge in [0, 0.05) is 35.4 Å². The maximum Gasteiger partial charge on any atom is 0.315 e. The molecule has 2 heterocycles. The molecule has 0 aliphatic carbocycles. The van der Waals surface area contributed by atoms with E-state index in [1.165, 1.54) is 0 Å². The van der Waals surface area contributed by atoms with E-state index in [-0.39, 0.29) is 24.0 Å². The average molecular weight is 665 g/mol. The minimum absolute atomic E-state index is 0.0419. The third kappa shape index (κ3) is 21.5. The molecule has 0 aromatic heterocycles. The molecule has 0 aromatic carbocycles. The Balaban J connectivity index is 1.18. The fourth-order valence-electron chi connectivity index (χ4n) is 4.42. The highest BCUT2D eigenvalue weighted by atomic mass is 32.2. The third-order valence-corrected chi connectivity index (χ3v) is 8.16. The summed E-state index contributed by atoms with van der Waals surface area (Å²) in [4.78, 5) is 26.1. The standard InChI is InChI=1S/C28H52N6O10S/c29-34-31-6-8-38-10-12-40-14-16-42-18-20-44-22-21-43-19-17-41-15-13-39-11-9-37-7-5-30-26(35)4-2-1-3-25-27-24(23-45-25)32-28(36)33-27/h24-25,27H,1-23H2,(H,30,35)(H2,32,33,36). The number of carbonyl (C=O) groups excluding carboxylic acids is 2. The monoisotopic (exact) mass is 664 g/mol. The predicted molar refractivity (Wildman–Crippen MR) is 168 cm³/mol. The van der Waals surface area contributed by atoms with Gasteiger partial charge in [0.1, 0.15) is 0 Å². The number of amides is 3. The quantitative estimate of drug-likeness (QED) is 0.0308. The number of fused-ring (bicyclic) bond motifs is 1. The Morgan fingerprint density at radius 3 is 1.76 bits per heavy atom. The van der Waals surface area contributed by atoms with Crippen molar-refractivity contribution in [2.45, 2.75) is 43.0 Å². The molecule has 2 rings (SSSR count). The van der Waals surface area contributed by atoms with Crippen LogP contribution >= 0.6 is 11.8 Å². The maximum atomic E-state index is 12.0. The number of unbranched alkanes of at least 4 members (excludes halogenated alkanes) is 1. The van der Waals surface area contributed by atoms with Gasteiger partial charge in [-0.2, -0.15) is 11.8 Å². The van der Waals surface area contributed by atoms with Gasteiger partial charge in [-0.15, -0.1) is 0 Å². The first-order chi connectivity index (χ1) is 22.2. The molecule has 2 aliphatic rings. The van der Waals surface area contributed by atoms with E-state index in [0.29, 0.717) is 130 Å². The molecule has 2 fully saturated rings. The van der Waals surface area contributed by atoms with Gasteiger partial charge >= 0.3 is 6.03 Å². The fraction of sp³-hybridized carbons (Fsp3) is 0.929. The van der Waals surface area contributed by atoms with Crippen LogP contribution in [0.4, 0.5) is 4.79 Å². The van der Waals surface area contributed by atoms with Gasteiger partial charge in [-0.1, -0.05) is 11.5 Å². The van der Waals surface area contributed by atoms with Crippen molar-refractivity contribution < 1.29 is 47.5 Å². The number of ether oxygens (including phenoxy) is 8. The number of rotatable bonds is 32. The zero-order chi connectivity index (χ0) is 32.0. The zero-order valence-electron chi connectivity index (χ0n) is 26.3. The third-order valence-electron chi connectivity index (χ3n) is 6.65. The van der Waals surface area contributed by atoms with Crippen LogP contribution in [0.3, 0.4) is 0 Å². The molecule has 3 N–H and O–H groups in total. The van der Waals surface area contributed by atoms with Crippen LogP contribution in [-0.2, 0) is 42.7 Å². The summed E-state index contributed by atoms with van der Waals surface area (Å²) in [5.74, 6) is 1.00. The molecule has 45 heavy (non-hydrogen) atoms. The lowest BCUT2D eigenvalue weighted by Gasteiger charge is -2.16. The second-order valence-corrected chi connectivity index (χ2v) is 11.3. The smallest absolute Gasteiger partial charge is 0.315 e. The van der Waals surface area contributed by atoms with E-state index >= 15 is 0 Å². The molecule has 3 unspecified atom stereocenters. The maximum absolute atomic E-state index is 12.0. The molecule has 3 atom stereocenters. The van der Waals surface area contributed by atoms with Gasteiger partial charge in [0.25, 0.3) is 0 Å². The SMILES string of the molecule is [N-]=[N+]=NCCOCCOCCOCCOCCOCCOCCOCCOCCNC(=O)CCCCC1SCC2NC(=O)NC21. The van der Waals surface area contributed by atoms with Gasteiger partial charge in [0.05, 0.1) is 118 Å². The van der Waals surface area contributed by atoms with Crippen molar-refractivity contribution in [2.24, 2.45) is 5.11 Å². The second-order valence-electron chi connectivity index (χ2n) is 10.1. The summed E-state index contributed by atoms with van der Waals surface area (Å²) in [6.45, 7) is 8.33. The molecular formula is C28H52N6O10S. The molecule has 3 amide bonds. The summed E-state index contributed by atoms with van der Waals surface area (Å²) in [6, 6.07) is 0.408. The van der Waals surface area contributed by atoms with Crippen LogP contribution in [0.1, 0.15) is 25.7 Å². The number of nitrogens with one attached hydrogen (secondary N) is 3. The molecular weight excluding hydrogens is 612 g/mol. The highest BCUT2D eigenvalue weighted by molar-refractivity contribution is 8.00. The molecule has 2 saturated heterocycles. The average Bonchev–Trinajstić information content (AvgIpc) is 3.59. The summed E-state index contributed by atoms with van der Waals surface area (Å²) in [5.41, 5.74) is 8.13. The van der Waals surface area contributed by atoms with Crippen LogP contribution < -0.4 is 16.0 Å². The van der Waals surface area contributed by atoms with E-state index < -0.39 is 0 Å². The van der Waals surface area contributed by atoms with Crippen molar-refractivity contribution in [2.75, 3.05) is 125 Å². The normalized spacial score (nSPS) is 18.8. The van der Waals surface area contributed by atoms with Gasteiger partial charge in [-0.05, 0) is 18.4 Å². The highest BCUT2D eigenvalue weighted by Crippen LogP contribution is 2.33. The molecule has 0 aromatic rings. The van der Waals surface area contributed by atoms with Crippen LogP contribution in [0.5, 0.6) is 0 Å². The van der Waals surface area contributed by atoms with E-state index in [0.717, 1.165) is 25.0 Å². The largest absolute Gasteiger partial charge is 0.379 e. The Morgan fingerprint density at radius 2 is 1.24 bits per heavy atom. The Kier molecular flexibility index (Phi) is 24.7. The molecule has 0 radical (unpaired) electrons. The van der Waals surface area contributed by atoms with Crippen molar-refractivity contribution in [3.05, 3.63) is 10.4 Å². The molecule has 0 bridgehead atoms. The zero-order valence-corrected chi connectivity index (χ0v) is 27.1. The Morgan fingerprint density at radius 1 is 0.756 bits per heavy atom. The number of azide groups is 1. The number of hydrogen-bond acceptors (Lipinski definition) is 12. The van der Waals surface area contributed by atoms with Gasteiger partial charge in [-0.3, -0.25) is 4.79 Å². The van der Waals surface area contributed by atoms with Crippen LogP contribution in [0.2, 0.25) is 0 Å². The minimum Gasteiger partial charge on any atom is -0.379 e.